The lowest BCUT2D eigenvalue weighted by Gasteiger charge is -2.46. The van der Waals surface area contributed by atoms with Crippen LogP contribution < -0.4 is 16.2 Å². The molecule has 4 aliphatic heterocycles. The maximum Gasteiger partial charge on any atom is 0.317 e. The van der Waals surface area contributed by atoms with E-state index in [0.717, 1.165) is 44.5 Å². The summed E-state index contributed by atoms with van der Waals surface area (Å²) in [5.41, 5.74) is 0.694. The third-order valence-corrected chi connectivity index (χ3v) is 12.3. The zero-order valence-electron chi connectivity index (χ0n) is 29.7. The van der Waals surface area contributed by atoms with Crippen LogP contribution in [0.5, 0.6) is 5.75 Å². The summed E-state index contributed by atoms with van der Waals surface area (Å²) in [5, 5.41) is 27.5. The molecule has 4 saturated heterocycles. The number of pyridine rings is 1. The van der Waals surface area contributed by atoms with Crippen LogP contribution in [0.1, 0.15) is 75.1 Å². The van der Waals surface area contributed by atoms with E-state index in [-0.39, 0.29) is 41.7 Å². The zero-order valence-corrected chi connectivity index (χ0v) is 30.5. The number of phenolic OH excluding ortho intramolecular Hbond substituents is 1. The summed E-state index contributed by atoms with van der Waals surface area (Å²) in [4.78, 5) is 59.8. The molecule has 0 radical (unpaired) electrons. The number of aromatic nitrogens is 1. The van der Waals surface area contributed by atoms with E-state index in [4.69, 9.17) is 4.74 Å². The molecule has 2 aromatic carbocycles. The minimum atomic E-state index is -0.841. The summed E-state index contributed by atoms with van der Waals surface area (Å²) < 4.78 is 6.28. The fraction of sp³-hybridized carbons (Fsp3) is 0.450. The van der Waals surface area contributed by atoms with Crippen LogP contribution in [0.25, 0.3) is 10.9 Å². The van der Waals surface area contributed by atoms with Crippen LogP contribution in [0.2, 0.25) is 0 Å². The Labute approximate surface area is 312 Å². The number of unbranched alkanes of at least 4 members (excludes halogenated alkanes) is 1. The first-order chi connectivity index (χ1) is 25.7. The molecular weight excluding hydrogens is 695 g/mol. The number of carbonyl (C=O) groups excluding carboxylic acids is 3. The Morgan fingerprint density at radius 3 is 2.40 bits per heavy atom. The number of aromatic amines is 1. The van der Waals surface area contributed by atoms with Crippen molar-refractivity contribution in [3.8, 4) is 5.75 Å². The molecule has 2 amide bonds. The first kappa shape index (κ1) is 36.8. The van der Waals surface area contributed by atoms with Gasteiger partial charge in [0, 0.05) is 44.2 Å². The van der Waals surface area contributed by atoms with Gasteiger partial charge in [-0.05, 0) is 99.5 Å². The third-order valence-electron chi connectivity index (χ3n) is 11.2. The lowest BCUT2D eigenvalue weighted by Crippen LogP contribution is -2.55. The molecule has 8 rings (SSSR count). The van der Waals surface area contributed by atoms with Gasteiger partial charge in [-0.3, -0.25) is 24.1 Å². The largest absolute Gasteiger partial charge is 0.506 e. The van der Waals surface area contributed by atoms with E-state index in [0.29, 0.717) is 77.6 Å². The van der Waals surface area contributed by atoms with Crippen molar-refractivity contribution in [2.45, 2.75) is 56.1 Å². The second kappa shape index (κ2) is 16.2. The van der Waals surface area contributed by atoms with E-state index in [1.807, 2.05) is 30.3 Å². The molecule has 0 aliphatic carbocycles. The topological polar surface area (TPSA) is 164 Å². The predicted molar refractivity (Wildman–Crippen MR) is 202 cm³/mol. The number of fused-ring (bicyclic) bond motifs is 4. The summed E-state index contributed by atoms with van der Waals surface area (Å²) in [6.07, 6.45) is 3.65. The van der Waals surface area contributed by atoms with E-state index in [2.05, 4.69) is 20.5 Å². The number of ether oxygens (including phenoxy) is 1. The number of H-pyrrole nitrogens is 1. The monoisotopic (exact) mass is 741 g/mol. The number of phenols is 1. The van der Waals surface area contributed by atoms with Crippen molar-refractivity contribution in [2.75, 3.05) is 52.4 Å². The molecule has 4 aromatic rings. The standard InChI is InChI=1S/C40H47N5O7S/c46-30-10-8-28(29-9-13-35(48)43-36(29)30)31(47)24-41-18-4-5-19-42-37(49)33-11-12-34(53-33)38(50)45-22-16-40(17-23-45,27-6-2-1-3-7-27)39(51)52-32-25-44-20-14-26(32)15-21-44/h1-3,6-13,26,31-32,41,46-47H,4-5,14-25H2,(H,42,49)(H,43,48). The highest BCUT2D eigenvalue weighted by atomic mass is 32.1. The van der Waals surface area contributed by atoms with Crippen LogP contribution in [0.15, 0.2) is 71.5 Å². The molecule has 13 heteroatoms. The van der Waals surface area contributed by atoms with Crippen LogP contribution in [0, 0.1) is 5.92 Å². The molecule has 2 atom stereocenters. The number of aromatic hydroxyl groups is 1. The average molecular weight is 742 g/mol. The highest BCUT2D eigenvalue weighted by Gasteiger charge is 2.47. The minimum Gasteiger partial charge on any atom is -0.506 e. The predicted octanol–water partition coefficient (Wildman–Crippen LogP) is 3.94. The van der Waals surface area contributed by atoms with Crippen molar-refractivity contribution in [1.29, 1.82) is 0 Å². The van der Waals surface area contributed by atoms with Gasteiger partial charge in [0.1, 0.15) is 11.9 Å². The Hall–Kier alpha value is -4.56. The molecule has 0 spiro atoms. The number of aliphatic hydroxyl groups excluding tert-OH is 1. The number of benzene rings is 2. The minimum absolute atomic E-state index is 0.0548. The first-order valence-corrected chi connectivity index (χ1v) is 19.4. The number of amides is 2. The van der Waals surface area contributed by atoms with Gasteiger partial charge in [0.25, 0.3) is 11.8 Å². The van der Waals surface area contributed by atoms with Gasteiger partial charge in [-0.1, -0.05) is 36.4 Å². The highest BCUT2D eigenvalue weighted by molar-refractivity contribution is 7.15. The van der Waals surface area contributed by atoms with Crippen LogP contribution in [-0.2, 0) is 14.9 Å². The Kier molecular flexibility index (Phi) is 11.3. The van der Waals surface area contributed by atoms with Gasteiger partial charge in [-0.2, -0.15) is 0 Å². The summed E-state index contributed by atoms with van der Waals surface area (Å²) in [6.45, 7) is 5.15. The molecule has 2 unspecified atom stereocenters. The number of thiophene rings is 1. The van der Waals surface area contributed by atoms with E-state index in [9.17, 15) is 29.4 Å². The highest BCUT2D eigenvalue weighted by Crippen LogP contribution is 2.40. The maximum absolute atomic E-state index is 14.0. The fourth-order valence-electron chi connectivity index (χ4n) is 8.05. The number of rotatable bonds is 13. The van der Waals surface area contributed by atoms with Crippen molar-refractivity contribution in [1.82, 2.24) is 25.4 Å². The van der Waals surface area contributed by atoms with Gasteiger partial charge in [0.05, 0.1) is 26.8 Å². The van der Waals surface area contributed by atoms with Gasteiger partial charge < -0.3 is 35.5 Å². The second-order valence-corrected chi connectivity index (χ2v) is 15.5. The summed E-state index contributed by atoms with van der Waals surface area (Å²) >= 11 is 1.18. The first-order valence-electron chi connectivity index (χ1n) is 18.6. The van der Waals surface area contributed by atoms with E-state index >= 15 is 0 Å². The molecule has 2 aromatic heterocycles. The number of nitrogens with zero attached hydrogens (tertiary/aromatic N) is 2. The summed E-state index contributed by atoms with van der Waals surface area (Å²) in [6, 6.07) is 19.3. The number of hydrogen-bond donors (Lipinski definition) is 5. The lowest BCUT2D eigenvalue weighted by atomic mass is 9.72. The number of nitrogens with one attached hydrogen (secondary N) is 3. The lowest BCUT2D eigenvalue weighted by molar-refractivity contribution is -0.167. The number of aliphatic hydroxyl groups is 1. The maximum atomic E-state index is 14.0. The Balaban J connectivity index is 0.858. The van der Waals surface area contributed by atoms with Crippen molar-refractivity contribution >= 4 is 40.0 Å². The Morgan fingerprint density at radius 2 is 1.66 bits per heavy atom. The smallest absolute Gasteiger partial charge is 0.317 e. The van der Waals surface area contributed by atoms with E-state index in [1.54, 1.807) is 29.2 Å². The Bertz CT molecular complexity index is 1980. The van der Waals surface area contributed by atoms with Gasteiger partial charge in [0.15, 0.2) is 0 Å². The molecule has 4 aliphatic rings. The molecule has 12 nitrogen and oxygen atoms in total. The van der Waals surface area contributed by atoms with E-state index in [1.165, 1.54) is 23.5 Å². The molecule has 53 heavy (non-hydrogen) atoms. The van der Waals surface area contributed by atoms with Crippen molar-refractivity contribution in [2.24, 2.45) is 5.92 Å². The van der Waals surface area contributed by atoms with Crippen molar-refractivity contribution in [3.63, 3.8) is 0 Å². The summed E-state index contributed by atoms with van der Waals surface area (Å²) in [7, 11) is 0. The number of likely N-dealkylation sites (tertiary alicyclic amines) is 1. The van der Waals surface area contributed by atoms with Crippen LogP contribution >= 0.6 is 11.3 Å². The fourth-order valence-corrected chi connectivity index (χ4v) is 8.94. The second-order valence-electron chi connectivity index (χ2n) is 14.5. The molecular formula is C40H47N5O7S. The van der Waals surface area contributed by atoms with Crippen LogP contribution in [0.4, 0.5) is 0 Å². The Morgan fingerprint density at radius 1 is 0.925 bits per heavy atom. The number of piperidine rings is 4. The van der Waals surface area contributed by atoms with E-state index < -0.39 is 11.5 Å². The molecule has 6 heterocycles. The SMILES string of the molecule is O=C(NCCCCNCC(O)c1ccc(O)c2[nH]c(=O)ccc12)c1ccc(C(=O)N2CCC(C(=O)OC3CN4CCC3CC4)(c3ccccc3)CC2)s1. The number of esters is 1. The molecule has 4 fully saturated rings. The van der Waals surface area contributed by atoms with Gasteiger partial charge >= 0.3 is 5.97 Å². The van der Waals surface area contributed by atoms with Crippen molar-refractivity contribution in [3.05, 3.63) is 98.0 Å². The average Bonchev–Trinajstić information content (AvgIpc) is 3.69. The molecule has 280 valence electrons. The van der Waals surface area contributed by atoms with Crippen molar-refractivity contribution < 1.29 is 29.3 Å². The van der Waals surface area contributed by atoms with Gasteiger partial charge in [-0.15, -0.1) is 11.3 Å². The van der Waals surface area contributed by atoms with Gasteiger partial charge in [0.2, 0.25) is 5.56 Å². The molecule has 0 saturated carbocycles. The third kappa shape index (κ3) is 8.03. The molecule has 5 N–H and O–H groups in total. The summed E-state index contributed by atoms with van der Waals surface area (Å²) in [5.74, 6) is -0.182. The quantitative estimate of drug-likeness (QED) is 0.101. The molecule has 2 bridgehead atoms. The van der Waals surface area contributed by atoms with Crippen LogP contribution in [0.3, 0.4) is 0 Å². The normalized spacial score (nSPS) is 21.3. The van der Waals surface area contributed by atoms with Crippen LogP contribution in [-0.4, -0.2) is 101 Å². The van der Waals surface area contributed by atoms with Gasteiger partial charge in [-0.25, -0.2) is 0 Å². The number of hydrogen-bond acceptors (Lipinski definition) is 10. The zero-order chi connectivity index (χ0) is 37.0. The number of carbonyl (C=O) groups is 3.